The molecule has 9 heteroatoms. The minimum atomic E-state index is -0.848. The van der Waals surface area contributed by atoms with Gasteiger partial charge in [0.05, 0.1) is 11.8 Å². The van der Waals surface area contributed by atoms with Gasteiger partial charge in [-0.15, -0.1) is 21.5 Å². The fourth-order valence-corrected chi connectivity index (χ4v) is 5.10. The van der Waals surface area contributed by atoms with Gasteiger partial charge in [-0.25, -0.2) is 0 Å². The average molecular weight is 460 g/mol. The lowest BCUT2D eigenvalue weighted by Gasteiger charge is -2.18. The van der Waals surface area contributed by atoms with Crippen molar-refractivity contribution in [2.75, 3.05) is 6.54 Å². The lowest BCUT2D eigenvalue weighted by Crippen LogP contribution is -2.35. The van der Waals surface area contributed by atoms with E-state index in [4.69, 9.17) is 16.6 Å². The van der Waals surface area contributed by atoms with Crippen LogP contribution in [0.1, 0.15) is 52.6 Å². The van der Waals surface area contributed by atoms with Gasteiger partial charge in [0.15, 0.2) is 5.82 Å². The zero-order valence-corrected chi connectivity index (χ0v) is 19.5. The quantitative estimate of drug-likeness (QED) is 0.490. The highest BCUT2D eigenvalue weighted by Gasteiger charge is 2.32. The summed E-state index contributed by atoms with van der Waals surface area (Å²) in [5, 5.41) is 33.5. The Hall–Kier alpha value is -2.10. The van der Waals surface area contributed by atoms with E-state index >= 15 is 0 Å². The van der Waals surface area contributed by atoms with Crippen molar-refractivity contribution in [3.05, 3.63) is 62.5 Å². The Labute approximate surface area is 190 Å². The van der Waals surface area contributed by atoms with Gasteiger partial charge in [0.1, 0.15) is 23.1 Å². The van der Waals surface area contributed by atoms with Gasteiger partial charge in [0, 0.05) is 34.0 Å². The maximum absolute atomic E-state index is 10.6. The number of benzene rings is 1. The van der Waals surface area contributed by atoms with Gasteiger partial charge in [-0.05, 0) is 45.4 Å². The molecule has 1 aromatic carbocycles. The SMILES string of the molecule is Cc1sc2c(c1C)C(c1ccc(Cl)cc1)=N[C@@H](CC(O)NC[C@H](C)O)c1nnc(C)n1-2. The van der Waals surface area contributed by atoms with Gasteiger partial charge in [-0.2, -0.15) is 0 Å². The molecule has 2 aromatic heterocycles. The van der Waals surface area contributed by atoms with Crippen LogP contribution in [-0.4, -0.2) is 49.6 Å². The number of aliphatic hydroxyl groups excluding tert-OH is 2. The van der Waals surface area contributed by atoms with Crippen LogP contribution in [-0.2, 0) is 0 Å². The summed E-state index contributed by atoms with van der Waals surface area (Å²) in [4.78, 5) is 6.32. The van der Waals surface area contributed by atoms with E-state index in [-0.39, 0.29) is 0 Å². The van der Waals surface area contributed by atoms with Gasteiger partial charge in [0.25, 0.3) is 0 Å². The first-order valence-corrected chi connectivity index (χ1v) is 11.4. The lowest BCUT2D eigenvalue weighted by molar-refractivity contribution is 0.0951. The number of nitrogens with zero attached hydrogens (tertiary/aromatic N) is 4. The standard InChI is InChI=1S/C22H26ClN5O2S/c1-11(29)10-24-18(30)9-17-21-27-26-14(4)28(21)22-19(12(2)13(3)31-22)20(25-17)15-5-7-16(23)8-6-15/h5-8,11,17-18,24,29-30H,9-10H2,1-4H3/t11-,17-,18?/m0/s1. The lowest BCUT2D eigenvalue weighted by atomic mass is 9.99. The number of aryl methyl sites for hydroxylation is 2. The van der Waals surface area contributed by atoms with Crippen molar-refractivity contribution < 1.29 is 10.2 Å². The minimum absolute atomic E-state index is 0.291. The molecule has 3 heterocycles. The number of rotatable bonds is 6. The van der Waals surface area contributed by atoms with Crippen molar-refractivity contribution in [2.45, 2.75) is 52.5 Å². The molecular formula is C22H26ClN5O2S. The Bertz CT molecular complexity index is 1120. The normalized spacial score (nSPS) is 17.5. The van der Waals surface area contributed by atoms with Crippen molar-refractivity contribution in [3.63, 3.8) is 0 Å². The van der Waals surface area contributed by atoms with E-state index < -0.39 is 18.4 Å². The van der Waals surface area contributed by atoms with Crippen LogP contribution in [0.25, 0.3) is 5.00 Å². The predicted molar refractivity (Wildman–Crippen MR) is 124 cm³/mol. The van der Waals surface area contributed by atoms with Crippen molar-refractivity contribution in [1.82, 2.24) is 20.1 Å². The van der Waals surface area contributed by atoms with Gasteiger partial charge in [-0.3, -0.25) is 14.9 Å². The minimum Gasteiger partial charge on any atom is -0.392 e. The van der Waals surface area contributed by atoms with E-state index in [2.05, 4.69) is 33.9 Å². The van der Waals surface area contributed by atoms with E-state index in [0.717, 1.165) is 27.7 Å². The second-order valence-electron chi connectivity index (χ2n) is 7.91. The van der Waals surface area contributed by atoms with E-state index in [0.29, 0.717) is 23.8 Å². The first-order chi connectivity index (χ1) is 14.8. The molecule has 1 aliphatic heterocycles. The van der Waals surface area contributed by atoms with Crippen LogP contribution < -0.4 is 5.32 Å². The molecular weight excluding hydrogens is 434 g/mol. The maximum Gasteiger partial charge on any atom is 0.163 e. The number of hydrogen-bond donors (Lipinski definition) is 3. The molecule has 4 rings (SSSR count). The molecule has 0 spiro atoms. The summed E-state index contributed by atoms with van der Waals surface area (Å²) in [6.07, 6.45) is -1.10. The number of aromatic nitrogens is 3. The summed E-state index contributed by atoms with van der Waals surface area (Å²) >= 11 is 7.82. The van der Waals surface area contributed by atoms with Crippen LogP contribution >= 0.6 is 22.9 Å². The molecule has 0 aliphatic carbocycles. The van der Waals surface area contributed by atoms with Crippen LogP contribution in [0.15, 0.2) is 29.3 Å². The number of fused-ring (bicyclic) bond motifs is 3. The summed E-state index contributed by atoms with van der Waals surface area (Å²) in [6.45, 7) is 8.10. The third-order valence-electron chi connectivity index (χ3n) is 5.45. The maximum atomic E-state index is 10.6. The van der Waals surface area contributed by atoms with Crippen molar-refractivity contribution >= 4 is 28.6 Å². The molecule has 7 nitrogen and oxygen atoms in total. The van der Waals surface area contributed by atoms with Crippen LogP contribution in [0, 0.1) is 20.8 Å². The molecule has 164 valence electrons. The van der Waals surface area contributed by atoms with Gasteiger partial charge >= 0.3 is 0 Å². The van der Waals surface area contributed by atoms with E-state index in [1.54, 1.807) is 18.3 Å². The second-order valence-corrected chi connectivity index (χ2v) is 9.55. The Morgan fingerprint density at radius 2 is 1.87 bits per heavy atom. The fraction of sp³-hybridized carbons (Fsp3) is 0.409. The molecule has 1 aliphatic rings. The molecule has 0 bridgehead atoms. The van der Waals surface area contributed by atoms with Crippen LogP contribution in [0.2, 0.25) is 5.02 Å². The average Bonchev–Trinajstić information content (AvgIpc) is 3.19. The Morgan fingerprint density at radius 3 is 2.55 bits per heavy atom. The third-order valence-corrected chi connectivity index (χ3v) is 6.90. The first-order valence-electron chi connectivity index (χ1n) is 10.2. The highest BCUT2D eigenvalue weighted by molar-refractivity contribution is 7.15. The van der Waals surface area contributed by atoms with E-state index in [1.165, 1.54) is 10.4 Å². The van der Waals surface area contributed by atoms with Crippen LogP contribution in [0.3, 0.4) is 0 Å². The number of thiophene rings is 1. The highest BCUT2D eigenvalue weighted by atomic mass is 35.5. The van der Waals surface area contributed by atoms with E-state index in [9.17, 15) is 10.2 Å². The zero-order valence-electron chi connectivity index (χ0n) is 17.9. The van der Waals surface area contributed by atoms with Crippen LogP contribution in [0.5, 0.6) is 0 Å². The summed E-state index contributed by atoms with van der Waals surface area (Å²) in [5.74, 6) is 1.48. The summed E-state index contributed by atoms with van der Waals surface area (Å²) in [7, 11) is 0. The monoisotopic (exact) mass is 459 g/mol. The Balaban J connectivity index is 1.86. The smallest absolute Gasteiger partial charge is 0.163 e. The largest absolute Gasteiger partial charge is 0.392 e. The summed E-state index contributed by atoms with van der Waals surface area (Å²) < 4.78 is 2.05. The van der Waals surface area contributed by atoms with Crippen molar-refractivity contribution in [1.29, 1.82) is 0 Å². The van der Waals surface area contributed by atoms with E-state index in [1.807, 2.05) is 31.2 Å². The number of aliphatic imine (C=N–C) groups is 1. The van der Waals surface area contributed by atoms with Gasteiger partial charge < -0.3 is 10.2 Å². The molecule has 3 N–H and O–H groups in total. The Kier molecular flexibility index (Phi) is 6.27. The molecule has 31 heavy (non-hydrogen) atoms. The van der Waals surface area contributed by atoms with Gasteiger partial charge in [0.2, 0.25) is 0 Å². The zero-order chi connectivity index (χ0) is 22.3. The van der Waals surface area contributed by atoms with Crippen LogP contribution in [0.4, 0.5) is 0 Å². The molecule has 3 atom stereocenters. The number of hydrogen-bond acceptors (Lipinski definition) is 7. The third kappa shape index (κ3) is 4.31. The molecule has 0 saturated carbocycles. The second kappa shape index (κ2) is 8.80. The predicted octanol–water partition coefficient (Wildman–Crippen LogP) is 3.48. The molecule has 0 radical (unpaired) electrons. The molecule has 1 unspecified atom stereocenters. The summed E-state index contributed by atoms with van der Waals surface area (Å²) in [5.41, 5.74) is 4.04. The summed E-state index contributed by atoms with van der Waals surface area (Å²) in [6, 6.07) is 7.24. The van der Waals surface area contributed by atoms with Crippen molar-refractivity contribution in [2.24, 2.45) is 4.99 Å². The number of nitrogens with one attached hydrogen (secondary N) is 1. The topological polar surface area (TPSA) is 95.6 Å². The molecule has 0 amide bonds. The molecule has 0 fully saturated rings. The van der Waals surface area contributed by atoms with Gasteiger partial charge in [-0.1, -0.05) is 23.7 Å². The fourth-order valence-electron chi connectivity index (χ4n) is 3.76. The molecule has 0 saturated heterocycles. The van der Waals surface area contributed by atoms with Crippen molar-refractivity contribution in [3.8, 4) is 5.00 Å². The molecule has 3 aromatic rings. The first kappa shape index (κ1) is 22.1. The number of halogens is 1. The number of aliphatic hydroxyl groups is 2. The Morgan fingerprint density at radius 1 is 1.16 bits per heavy atom. The highest BCUT2D eigenvalue weighted by Crippen LogP contribution is 2.39.